The molecule has 0 radical (unpaired) electrons. The van der Waals surface area contributed by atoms with Crippen LogP contribution < -0.4 is 5.32 Å². The predicted octanol–water partition coefficient (Wildman–Crippen LogP) is 6.82. The SMILES string of the molecule is CCc1cc(/C(C)=N\OCc2ccc(C3CCCCC3)c(C(F)(F)F)c2)ccc1CNCCC(=O)O. The highest BCUT2D eigenvalue weighted by Crippen LogP contribution is 2.41. The minimum Gasteiger partial charge on any atom is -0.481 e. The Labute approximate surface area is 210 Å². The molecular formula is C28H35F3N2O3. The van der Waals surface area contributed by atoms with E-state index in [1.165, 1.54) is 6.07 Å². The average molecular weight is 505 g/mol. The van der Waals surface area contributed by atoms with E-state index in [2.05, 4.69) is 10.5 Å². The lowest BCUT2D eigenvalue weighted by molar-refractivity contribution is -0.139. The summed E-state index contributed by atoms with van der Waals surface area (Å²) in [5.74, 6) is -0.871. The molecule has 196 valence electrons. The first-order valence-electron chi connectivity index (χ1n) is 12.6. The number of hydrogen-bond acceptors (Lipinski definition) is 4. The van der Waals surface area contributed by atoms with Crippen LogP contribution >= 0.6 is 0 Å². The van der Waals surface area contributed by atoms with Gasteiger partial charge in [0.25, 0.3) is 0 Å². The van der Waals surface area contributed by atoms with Gasteiger partial charge in [-0.2, -0.15) is 13.2 Å². The van der Waals surface area contributed by atoms with E-state index in [0.717, 1.165) is 55.2 Å². The van der Waals surface area contributed by atoms with Gasteiger partial charge in [0.2, 0.25) is 0 Å². The Kier molecular flexibility index (Phi) is 9.93. The average Bonchev–Trinajstić information content (AvgIpc) is 2.86. The predicted molar refractivity (Wildman–Crippen MR) is 134 cm³/mol. The molecule has 1 fully saturated rings. The summed E-state index contributed by atoms with van der Waals surface area (Å²) >= 11 is 0. The van der Waals surface area contributed by atoms with Gasteiger partial charge in [-0.05, 0) is 72.1 Å². The van der Waals surface area contributed by atoms with E-state index in [9.17, 15) is 18.0 Å². The second kappa shape index (κ2) is 12.9. The molecule has 0 unspecified atom stereocenters. The van der Waals surface area contributed by atoms with Crippen molar-refractivity contribution < 1.29 is 27.9 Å². The molecule has 2 N–H and O–H groups in total. The number of aliphatic carboxylic acids is 1. The monoisotopic (exact) mass is 504 g/mol. The van der Waals surface area contributed by atoms with Gasteiger partial charge in [0.1, 0.15) is 6.61 Å². The van der Waals surface area contributed by atoms with Gasteiger partial charge in [0.15, 0.2) is 0 Å². The fourth-order valence-electron chi connectivity index (χ4n) is 4.74. The summed E-state index contributed by atoms with van der Waals surface area (Å²) in [6, 6.07) is 10.4. The molecule has 5 nitrogen and oxygen atoms in total. The smallest absolute Gasteiger partial charge is 0.416 e. The van der Waals surface area contributed by atoms with Crippen LogP contribution in [0.3, 0.4) is 0 Å². The van der Waals surface area contributed by atoms with Crippen LogP contribution in [-0.4, -0.2) is 23.3 Å². The summed E-state index contributed by atoms with van der Waals surface area (Å²) < 4.78 is 41.4. The maximum atomic E-state index is 13.8. The van der Waals surface area contributed by atoms with Crippen LogP contribution in [0.5, 0.6) is 0 Å². The topological polar surface area (TPSA) is 70.9 Å². The second-order valence-corrected chi connectivity index (χ2v) is 9.36. The van der Waals surface area contributed by atoms with Crippen LogP contribution in [0.4, 0.5) is 13.2 Å². The van der Waals surface area contributed by atoms with Gasteiger partial charge in [-0.15, -0.1) is 0 Å². The lowest BCUT2D eigenvalue weighted by Gasteiger charge is -2.25. The second-order valence-electron chi connectivity index (χ2n) is 9.36. The van der Waals surface area contributed by atoms with Gasteiger partial charge in [-0.1, -0.05) is 55.6 Å². The van der Waals surface area contributed by atoms with Crippen molar-refractivity contribution in [3.8, 4) is 0 Å². The molecule has 0 heterocycles. The largest absolute Gasteiger partial charge is 0.481 e. The van der Waals surface area contributed by atoms with E-state index in [0.29, 0.717) is 29.9 Å². The molecule has 0 aromatic heterocycles. The Morgan fingerprint density at radius 3 is 2.53 bits per heavy atom. The molecule has 0 atom stereocenters. The fourth-order valence-corrected chi connectivity index (χ4v) is 4.74. The molecular weight excluding hydrogens is 469 g/mol. The number of nitrogens with zero attached hydrogens (tertiary/aromatic N) is 1. The van der Waals surface area contributed by atoms with E-state index < -0.39 is 17.7 Å². The maximum Gasteiger partial charge on any atom is 0.416 e. The number of nitrogens with one attached hydrogen (secondary N) is 1. The third-order valence-corrected chi connectivity index (χ3v) is 6.74. The zero-order valence-corrected chi connectivity index (χ0v) is 21.0. The zero-order valence-electron chi connectivity index (χ0n) is 21.0. The first kappa shape index (κ1) is 27.7. The molecule has 0 saturated heterocycles. The van der Waals surface area contributed by atoms with Gasteiger partial charge in [0, 0.05) is 13.1 Å². The van der Waals surface area contributed by atoms with Gasteiger partial charge in [-0.25, -0.2) is 0 Å². The standard InChI is InChI=1S/C28H35F3N2O3/c1-3-21-16-23(10-11-24(21)17-32-14-13-27(34)35)19(2)33-36-18-20-9-12-25(22-7-5-4-6-8-22)26(15-20)28(29,30)31/h9-12,15-16,22,32H,3-8,13-14,17-18H2,1-2H3,(H,34,35)/b33-19-. The highest BCUT2D eigenvalue weighted by atomic mass is 19.4. The van der Waals surface area contributed by atoms with Crippen molar-refractivity contribution in [3.63, 3.8) is 0 Å². The molecule has 3 rings (SSSR count). The van der Waals surface area contributed by atoms with Crippen LogP contribution in [-0.2, 0) is 35.4 Å². The molecule has 0 aliphatic heterocycles. The minimum atomic E-state index is -4.40. The van der Waals surface area contributed by atoms with E-state index in [1.807, 2.05) is 25.1 Å². The Morgan fingerprint density at radius 2 is 1.86 bits per heavy atom. The van der Waals surface area contributed by atoms with E-state index in [-0.39, 0.29) is 18.9 Å². The molecule has 0 spiro atoms. The van der Waals surface area contributed by atoms with Crippen molar-refractivity contribution in [2.45, 2.75) is 84.0 Å². The number of rotatable bonds is 11. The first-order valence-corrected chi connectivity index (χ1v) is 12.6. The molecule has 2 aromatic carbocycles. The summed E-state index contributed by atoms with van der Waals surface area (Å²) in [5.41, 5.74) is 3.97. The minimum absolute atomic E-state index is 0.0336. The van der Waals surface area contributed by atoms with Gasteiger partial charge in [-0.3, -0.25) is 4.79 Å². The first-order chi connectivity index (χ1) is 17.2. The number of halogens is 3. The number of benzene rings is 2. The van der Waals surface area contributed by atoms with Gasteiger partial charge < -0.3 is 15.3 Å². The quantitative estimate of drug-likeness (QED) is 0.200. The maximum absolute atomic E-state index is 13.8. The molecule has 0 amide bonds. The van der Waals surface area contributed by atoms with E-state index in [4.69, 9.17) is 9.94 Å². The zero-order chi connectivity index (χ0) is 26.1. The lowest BCUT2D eigenvalue weighted by atomic mass is 9.81. The number of carboxylic acid groups (broad SMARTS) is 1. The Morgan fingerprint density at radius 1 is 1.11 bits per heavy atom. The third-order valence-electron chi connectivity index (χ3n) is 6.74. The van der Waals surface area contributed by atoms with Crippen LogP contribution in [0.15, 0.2) is 41.6 Å². The van der Waals surface area contributed by atoms with Crippen LogP contribution in [0.25, 0.3) is 0 Å². The number of aryl methyl sites for hydroxylation is 1. The number of oxime groups is 1. The summed E-state index contributed by atoms with van der Waals surface area (Å²) in [4.78, 5) is 16.1. The number of hydrogen-bond donors (Lipinski definition) is 2. The highest BCUT2D eigenvalue weighted by Gasteiger charge is 2.35. The molecule has 2 aromatic rings. The summed E-state index contributed by atoms with van der Waals surface area (Å²) in [7, 11) is 0. The van der Waals surface area contributed by atoms with Crippen LogP contribution in [0, 0.1) is 0 Å². The molecule has 36 heavy (non-hydrogen) atoms. The van der Waals surface area contributed by atoms with Gasteiger partial charge >= 0.3 is 12.1 Å². The Balaban J connectivity index is 1.66. The van der Waals surface area contributed by atoms with E-state index >= 15 is 0 Å². The van der Waals surface area contributed by atoms with Crippen molar-refractivity contribution in [1.82, 2.24) is 5.32 Å². The van der Waals surface area contributed by atoms with Crippen molar-refractivity contribution in [2.24, 2.45) is 5.16 Å². The van der Waals surface area contributed by atoms with Crippen molar-refractivity contribution >= 4 is 11.7 Å². The number of alkyl halides is 3. The van der Waals surface area contributed by atoms with E-state index in [1.54, 1.807) is 19.1 Å². The van der Waals surface area contributed by atoms with Crippen molar-refractivity contribution in [3.05, 3.63) is 69.8 Å². The number of carbonyl (C=O) groups is 1. The molecule has 0 bridgehead atoms. The molecule has 1 aliphatic rings. The Hall–Kier alpha value is -2.87. The molecule has 1 aliphatic carbocycles. The van der Waals surface area contributed by atoms with Crippen LogP contribution in [0.2, 0.25) is 0 Å². The van der Waals surface area contributed by atoms with Crippen molar-refractivity contribution in [1.29, 1.82) is 0 Å². The van der Waals surface area contributed by atoms with Gasteiger partial charge in [0.05, 0.1) is 17.7 Å². The van der Waals surface area contributed by atoms with Crippen LogP contribution in [0.1, 0.15) is 91.7 Å². The molecule has 8 heteroatoms. The summed E-state index contributed by atoms with van der Waals surface area (Å²) in [6.45, 7) is 4.76. The lowest BCUT2D eigenvalue weighted by Crippen LogP contribution is -2.18. The summed E-state index contributed by atoms with van der Waals surface area (Å²) in [6.07, 6.45) is 1.11. The molecule has 1 saturated carbocycles. The summed E-state index contributed by atoms with van der Waals surface area (Å²) in [5, 5.41) is 16.0. The fraction of sp³-hybridized carbons (Fsp3) is 0.500. The van der Waals surface area contributed by atoms with Crippen molar-refractivity contribution in [2.75, 3.05) is 6.54 Å². The number of carboxylic acids is 1. The third kappa shape index (κ3) is 7.82. The normalized spacial score (nSPS) is 15.2. The Bertz CT molecular complexity index is 1060. The highest BCUT2D eigenvalue weighted by molar-refractivity contribution is 5.98.